The van der Waals surface area contributed by atoms with Crippen LogP contribution < -0.4 is 5.32 Å². The third-order valence-electron chi connectivity index (χ3n) is 4.97. The van der Waals surface area contributed by atoms with E-state index < -0.39 is 0 Å². The van der Waals surface area contributed by atoms with Crippen molar-refractivity contribution in [3.05, 3.63) is 90.1 Å². The van der Waals surface area contributed by atoms with Gasteiger partial charge < -0.3 is 10.3 Å². The molecular formula is C22H25N7. The van der Waals surface area contributed by atoms with Crippen LogP contribution in [0.3, 0.4) is 0 Å². The Labute approximate surface area is 170 Å². The van der Waals surface area contributed by atoms with Crippen LogP contribution in [0, 0.1) is 0 Å². The smallest absolute Gasteiger partial charge is 0.154 e. The summed E-state index contributed by atoms with van der Waals surface area (Å²) in [5.41, 5.74) is 3.45. The second-order valence-corrected chi connectivity index (χ2v) is 7.10. The third-order valence-corrected chi connectivity index (χ3v) is 4.97. The van der Waals surface area contributed by atoms with E-state index in [0.717, 1.165) is 41.6 Å². The summed E-state index contributed by atoms with van der Waals surface area (Å²) in [6.07, 6.45) is 12.3. The van der Waals surface area contributed by atoms with E-state index in [1.807, 2.05) is 37.3 Å². The SMILES string of the molecule is C=C(/C=C\C=C/C)Cc1nnc(CN[C@@H]2CCc3ccccc3-n3cnnc32)[nH]1. The largest absolute Gasteiger partial charge is 0.328 e. The Kier molecular flexibility index (Phi) is 5.76. The predicted molar refractivity (Wildman–Crippen MR) is 112 cm³/mol. The van der Waals surface area contributed by atoms with Gasteiger partial charge in [0.25, 0.3) is 0 Å². The van der Waals surface area contributed by atoms with Gasteiger partial charge in [-0.1, -0.05) is 49.1 Å². The van der Waals surface area contributed by atoms with Crippen molar-refractivity contribution in [3.63, 3.8) is 0 Å². The molecule has 3 aromatic rings. The van der Waals surface area contributed by atoms with Crippen LogP contribution in [0.1, 0.15) is 42.4 Å². The minimum atomic E-state index is 0.0946. The maximum Gasteiger partial charge on any atom is 0.154 e. The molecule has 0 saturated carbocycles. The highest BCUT2D eigenvalue weighted by Gasteiger charge is 2.23. The molecule has 0 saturated heterocycles. The van der Waals surface area contributed by atoms with Crippen LogP contribution in [0.5, 0.6) is 0 Å². The number of nitrogens with zero attached hydrogens (tertiary/aromatic N) is 5. The van der Waals surface area contributed by atoms with E-state index in [4.69, 9.17) is 0 Å². The summed E-state index contributed by atoms with van der Waals surface area (Å²) in [4.78, 5) is 3.28. The summed E-state index contributed by atoms with van der Waals surface area (Å²) in [7, 11) is 0. The summed E-state index contributed by atoms with van der Waals surface area (Å²) in [5.74, 6) is 2.55. The minimum absolute atomic E-state index is 0.0946. The number of allylic oxidation sites excluding steroid dienone is 5. The number of hydrogen-bond donors (Lipinski definition) is 2. The molecule has 7 nitrogen and oxygen atoms in total. The number of aromatic nitrogens is 6. The van der Waals surface area contributed by atoms with E-state index in [2.05, 4.69) is 60.0 Å². The van der Waals surface area contributed by atoms with Gasteiger partial charge in [0.15, 0.2) is 5.82 Å². The van der Waals surface area contributed by atoms with Crippen molar-refractivity contribution in [3.8, 4) is 5.69 Å². The van der Waals surface area contributed by atoms with Crippen LogP contribution in [0.25, 0.3) is 5.69 Å². The number of aryl methyl sites for hydroxylation is 1. The van der Waals surface area contributed by atoms with Gasteiger partial charge >= 0.3 is 0 Å². The quantitative estimate of drug-likeness (QED) is 0.607. The van der Waals surface area contributed by atoms with Crippen molar-refractivity contribution >= 4 is 0 Å². The van der Waals surface area contributed by atoms with Gasteiger partial charge in [-0.25, -0.2) is 0 Å². The molecular weight excluding hydrogens is 362 g/mol. The zero-order valence-electron chi connectivity index (χ0n) is 16.5. The molecule has 0 unspecified atom stereocenters. The van der Waals surface area contributed by atoms with Gasteiger partial charge in [-0.15, -0.1) is 20.4 Å². The van der Waals surface area contributed by atoms with Crippen LogP contribution in [0.2, 0.25) is 0 Å². The Morgan fingerprint density at radius 2 is 2.10 bits per heavy atom. The predicted octanol–water partition coefficient (Wildman–Crippen LogP) is 3.39. The number of benzene rings is 1. The van der Waals surface area contributed by atoms with Crippen LogP contribution in [0.4, 0.5) is 0 Å². The van der Waals surface area contributed by atoms with Gasteiger partial charge in [-0.2, -0.15) is 0 Å². The first-order chi connectivity index (χ1) is 14.2. The van der Waals surface area contributed by atoms with E-state index in [0.29, 0.717) is 13.0 Å². The molecule has 1 aromatic carbocycles. The Hall–Kier alpha value is -3.32. The highest BCUT2D eigenvalue weighted by Crippen LogP contribution is 2.28. The van der Waals surface area contributed by atoms with Crippen molar-refractivity contribution in [2.24, 2.45) is 0 Å². The molecule has 0 aliphatic carbocycles. The first-order valence-electron chi connectivity index (χ1n) is 9.83. The summed E-state index contributed by atoms with van der Waals surface area (Å²) >= 11 is 0. The summed E-state index contributed by atoms with van der Waals surface area (Å²) in [5, 5.41) is 20.6. The van der Waals surface area contributed by atoms with E-state index in [1.165, 1.54) is 5.56 Å². The topological polar surface area (TPSA) is 84.3 Å². The van der Waals surface area contributed by atoms with Crippen molar-refractivity contribution in [1.82, 2.24) is 35.3 Å². The molecule has 2 N–H and O–H groups in total. The molecule has 7 heteroatoms. The van der Waals surface area contributed by atoms with Crippen LogP contribution in [-0.2, 0) is 19.4 Å². The molecule has 148 valence electrons. The summed E-state index contributed by atoms with van der Waals surface area (Å²) in [6.45, 7) is 6.63. The number of para-hydroxylation sites is 1. The molecule has 1 aliphatic heterocycles. The highest BCUT2D eigenvalue weighted by atomic mass is 15.3. The molecule has 0 fully saturated rings. The highest BCUT2D eigenvalue weighted by molar-refractivity contribution is 5.43. The Balaban J connectivity index is 1.40. The Morgan fingerprint density at radius 3 is 3.00 bits per heavy atom. The summed E-state index contributed by atoms with van der Waals surface area (Å²) < 4.78 is 2.08. The van der Waals surface area contributed by atoms with E-state index >= 15 is 0 Å². The second kappa shape index (κ2) is 8.79. The molecule has 0 spiro atoms. The zero-order chi connectivity index (χ0) is 20.1. The molecule has 3 heterocycles. The van der Waals surface area contributed by atoms with Gasteiger partial charge in [0.2, 0.25) is 0 Å². The number of aromatic amines is 1. The van der Waals surface area contributed by atoms with Gasteiger partial charge in [-0.3, -0.25) is 4.57 Å². The van der Waals surface area contributed by atoms with E-state index in [-0.39, 0.29) is 6.04 Å². The fraction of sp³-hybridized carbons (Fsp3) is 0.273. The van der Waals surface area contributed by atoms with Crippen molar-refractivity contribution in [2.45, 2.75) is 38.8 Å². The van der Waals surface area contributed by atoms with Crippen LogP contribution in [0.15, 0.2) is 67.0 Å². The standard InChI is InChI=1S/C22H25N7/c1-3-4-5-8-16(2)13-20-25-21(27-26-20)14-23-18-12-11-17-9-6-7-10-19(17)29-15-24-28-22(18)29/h3-10,15,18,23H,2,11-14H2,1H3,(H,25,26,27)/b4-3-,8-5-/t18-/m1/s1. The van der Waals surface area contributed by atoms with Crippen LogP contribution >= 0.6 is 0 Å². The van der Waals surface area contributed by atoms with E-state index in [9.17, 15) is 0 Å². The number of H-pyrrole nitrogens is 1. The normalized spacial score (nSPS) is 16.1. The van der Waals surface area contributed by atoms with Gasteiger partial charge in [0.05, 0.1) is 18.3 Å². The van der Waals surface area contributed by atoms with Gasteiger partial charge in [-0.05, 0) is 37.0 Å². The maximum atomic E-state index is 4.37. The lowest BCUT2D eigenvalue weighted by molar-refractivity contribution is 0.470. The van der Waals surface area contributed by atoms with E-state index in [1.54, 1.807) is 6.33 Å². The minimum Gasteiger partial charge on any atom is -0.328 e. The number of rotatable bonds is 7. The molecule has 0 radical (unpaired) electrons. The Morgan fingerprint density at radius 1 is 1.24 bits per heavy atom. The summed E-state index contributed by atoms with van der Waals surface area (Å²) in [6, 6.07) is 8.51. The molecule has 29 heavy (non-hydrogen) atoms. The first kappa shape index (κ1) is 19.0. The lowest BCUT2D eigenvalue weighted by atomic mass is 10.1. The fourth-order valence-electron chi connectivity index (χ4n) is 3.54. The third kappa shape index (κ3) is 4.41. The molecule has 4 rings (SSSR count). The molecule has 2 aromatic heterocycles. The molecule has 1 aliphatic rings. The average molecular weight is 387 g/mol. The average Bonchev–Trinajstić information content (AvgIpc) is 3.35. The fourth-order valence-corrected chi connectivity index (χ4v) is 3.54. The second-order valence-electron chi connectivity index (χ2n) is 7.10. The first-order valence-corrected chi connectivity index (χ1v) is 9.83. The van der Waals surface area contributed by atoms with Crippen LogP contribution in [-0.4, -0.2) is 29.9 Å². The van der Waals surface area contributed by atoms with Gasteiger partial charge in [0, 0.05) is 6.42 Å². The van der Waals surface area contributed by atoms with Crippen molar-refractivity contribution < 1.29 is 0 Å². The monoisotopic (exact) mass is 387 g/mol. The molecule has 0 amide bonds. The number of fused-ring (bicyclic) bond motifs is 3. The van der Waals surface area contributed by atoms with Gasteiger partial charge in [0.1, 0.15) is 18.0 Å². The van der Waals surface area contributed by atoms with Crippen molar-refractivity contribution in [2.75, 3.05) is 0 Å². The lowest BCUT2D eigenvalue weighted by Gasteiger charge is -2.14. The molecule has 1 atom stereocenters. The molecule has 0 bridgehead atoms. The maximum absolute atomic E-state index is 4.37. The number of nitrogens with one attached hydrogen (secondary N) is 2. The lowest BCUT2D eigenvalue weighted by Crippen LogP contribution is -2.24. The van der Waals surface area contributed by atoms with Crippen molar-refractivity contribution in [1.29, 1.82) is 0 Å². The number of hydrogen-bond acceptors (Lipinski definition) is 5. The zero-order valence-corrected chi connectivity index (χ0v) is 16.5. The Bertz CT molecular complexity index is 1040.